The highest BCUT2D eigenvalue weighted by Gasteiger charge is 2.16. The standard InChI is InChI=1S/C18H23N3O3/c1-21-11-10-19-17(21)13-24-16-6-4-14(5-7-16)20-18(22)9-8-15-3-2-12-23-15/h4-7,10-11,15H,2-3,8-9,12-13H2,1H3,(H,20,22)/t15-/m1/s1. The number of ether oxygens (including phenoxy) is 2. The number of rotatable bonds is 7. The second-order valence-electron chi connectivity index (χ2n) is 5.99. The van der Waals surface area contributed by atoms with Crippen molar-refractivity contribution in [2.24, 2.45) is 7.05 Å². The van der Waals surface area contributed by atoms with E-state index in [4.69, 9.17) is 9.47 Å². The molecule has 2 aromatic rings. The Labute approximate surface area is 141 Å². The number of benzene rings is 1. The molecule has 0 radical (unpaired) electrons. The summed E-state index contributed by atoms with van der Waals surface area (Å²) in [5.41, 5.74) is 0.775. The Bertz CT molecular complexity index is 660. The van der Waals surface area contributed by atoms with Crippen molar-refractivity contribution in [3.63, 3.8) is 0 Å². The molecule has 2 heterocycles. The Morgan fingerprint density at radius 1 is 1.42 bits per heavy atom. The molecule has 6 nitrogen and oxygen atoms in total. The van der Waals surface area contributed by atoms with Crippen molar-refractivity contribution in [1.82, 2.24) is 9.55 Å². The number of hydrogen-bond donors (Lipinski definition) is 1. The van der Waals surface area contributed by atoms with Gasteiger partial charge in [-0.05, 0) is 43.5 Å². The summed E-state index contributed by atoms with van der Waals surface area (Å²) in [5, 5.41) is 2.91. The van der Waals surface area contributed by atoms with Crippen molar-refractivity contribution < 1.29 is 14.3 Å². The van der Waals surface area contributed by atoms with Gasteiger partial charge in [-0.1, -0.05) is 0 Å². The van der Waals surface area contributed by atoms with E-state index in [2.05, 4.69) is 10.3 Å². The quantitative estimate of drug-likeness (QED) is 0.848. The van der Waals surface area contributed by atoms with Gasteiger partial charge in [-0.25, -0.2) is 4.98 Å². The van der Waals surface area contributed by atoms with Crippen molar-refractivity contribution in [3.05, 3.63) is 42.5 Å². The highest BCUT2D eigenvalue weighted by Crippen LogP contribution is 2.19. The van der Waals surface area contributed by atoms with Crippen LogP contribution in [0.5, 0.6) is 5.75 Å². The van der Waals surface area contributed by atoms with Gasteiger partial charge in [0.25, 0.3) is 0 Å². The Morgan fingerprint density at radius 3 is 2.92 bits per heavy atom. The number of carbonyl (C=O) groups is 1. The molecular formula is C18H23N3O3. The van der Waals surface area contributed by atoms with Crippen LogP contribution in [-0.4, -0.2) is 28.2 Å². The summed E-state index contributed by atoms with van der Waals surface area (Å²) in [6.45, 7) is 1.24. The minimum atomic E-state index is 0.0205. The van der Waals surface area contributed by atoms with Crippen LogP contribution in [0.25, 0.3) is 0 Å². The van der Waals surface area contributed by atoms with Crippen LogP contribution in [0.3, 0.4) is 0 Å². The molecule has 0 unspecified atom stereocenters. The number of aromatic nitrogens is 2. The summed E-state index contributed by atoms with van der Waals surface area (Å²) >= 11 is 0. The lowest BCUT2D eigenvalue weighted by atomic mass is 10.1. The molecule has 0 bridgehead atoms. The lowest BCUT2D eigenvalue weighted by Crippen LogP contribution is -2.15. The summed E-state index contributed by atoms with van der Waals surface area (Å²) < 4.78 is 13.1. The first kappa shape index (κ1) is 16.5. The van der Waals surface area contributed by atoms with Crippen LogP contribution >= 0.6 is 0 Å². The van der Waals surface area contributed by atoms with Crippen LogP contribution < -0.4 is 10.1 Å². The topological polar surface area (TPSA) is 65.4 Å². The SMILES string of the molecule is Cn1ccnc1COc1ccc(NC(=O)CC[C@H]2CCCO2)cc1. The molecule has 1 amide bonds. The molecule has 3 rings (SSSR count). The summed E-state index contributed by atoms with van der Waals surface area (Å²) in [6.07, 6.45) is 7.32. The van der Waals surface area contributed by atoms with Crippen LogP contribution in [0.2, 0.25) is 0 Å². The van der Waals surface area contributed by atoms with Crippen LogP contribution in [0, 0.1) is 0 Å². The number of hydrogen-bond acceptors (Lipinski definition) is 4. The first-order valence-electron chi connectivity index (χ1n) is 8.31. The summed E-state index contributed by atoms with van der Waals surface area (Å²) in [5.74, 6) is 1.63. The minimum Gasteiger partial charge on any atom is -0.486 e. The van der Waals surface area contributed by atoms with Gasteiger partial charge in [0.2, 0.25) is 5.91 Å². The largest absolute Gasteiger partial charge is 0.486 e. The van der Waals surface area contributed by atoms with Crippen molar-refractivity contribution in [2.45, 2.75) is 38.4 Å². The zero-order valence-corrected chi connectivity index (χ0v) is 13.9. The van der Waals surface area contributed by atoms with E-state index >= 15 is 0 Å². The maximum absolute atomic E-state index is 12.0. The third-order valence-electron chi connectivity index (χ3n) is 4.14. The first-order valence-corrected chi connectivity index (χ1v) is 8.31. The normalized spacial score (nSPS) is 17.0. The maximum atomic E-state index is 12.0. The molecule has 6 heteroatoms. The molecule has 1 aliphatic rings. The average molecular weight is 329 g/mol. The molecule has 128 valence electrons. The molecule has 1 atom stereocenters. The molecule has 1 fully saturated rings. The molecule has 1 aromatic carbocycles. The molecule has 1 saturated heterocycles. The molecular weight excluding hydrogens is 306 g/mol. The van der Waals surface area contributed by atoms with Gasteiger partial charge >= 0.3 is 0 Å². The Hall–Kier alpha value is -2.34. The summed E-state index contributed by atoms with van der Waals surface area (Å²) in [6, 6.07) is 7.38. The van der Waals surface area contributed by atoms with Crippen LogP contribution in [-0.2, 0) is 23.2 Å². The minimum absolute atomic E-state index is 0.0205. The Kier molecular flexibility index (Phi) is 5.48. The lowest BCUT2D eigenvalue weighted by molar-refractivity contribution is -0.116. The van der Waals surface area contributed by atoms with Crippen LogP contribution in [0.1, 0.15) is 31.5 Å². The van der Waals surface area contributed by atoms with E-state index in [1.807, 2.05) is 42.1 Å². The van der Waals surface area contributed by atoms with E-state index in [1.54, 1.807) is 6.20 Å². The number of anilines is 1. The van der Waals surface area contributed by atoms with E-state index in [0.717, 1.165) is 43.1 Å². The van der Waals surface area contributed by atoms with Crippen molar-refractivity contribution in [2.75, 3.05) is 11.9 Å². The number of imidazole rings is 1. The number of nitrogens with zero attached hydrogens (tertiary/aromatic N) is 2. The third-order valence-corrected chi connectivity index (χ3v) is 4.14. The Morgan fingerprint density at radius 2 is 2.25 bits per heavy atom. The van der Waals surface area contributed by atoms with Crippen molar-refractivity contribution in [3.8, 4) is 5.75 Å². The predicted molar refractivity (Wildman–Crippen MR) is 90.8 cm³/mol. The molecule has 24 heavy (non-hydrogen) atoms. The third kappa shape index (κ3) is 4.58. The zero-order chi connectivity index (χ0) is 16.8. The monoisotopic (exact) mass is 329 g/mol. The predicted octanol–water partition coefficient (Wildman–Crippen LogP) is 2.90. The number of carbonyl (C=O) groups excluding carboxylic acids is 1. The van der Waals surface area contributed by atoms with E-state index in [1.165, 1.54) is 0 Å². The average Bonchev–Trinajstić information content (AvgIpc) is 3.24. The zero-order valence-electron chi connectivity index (χ0n) is 13.9. The molecule has 1 aromatic heterocycles. The second kappa shape index (κ2) is 7.97. The molecule has 1 N–H and O–H groups in total. The van der Waals surface area contributed by atoms with Gasteiger partial charge in [-0.3, -0.25) is 4.79 Å². The fourth-order valence-electron chi connectivity index (χ4n) is 2.71. The van der Waals surface area contributed by atoms with Gasteiger partial charge in [0.05, 0.1) is 6.10 Å². The van der Waals surface area contributed by atoms with Crippen LogP contribution in [0.4, 0.5) is 5.69 Å². The number of nitrogens with one attached hydrogen (secondary N) is 1. The first-order chi connectivity index (χ1) is 11.7. The molecule has 0 saturated carbocycles. The fraction of sp³-hybridized carbons (Fsp3) is 0.444. The maximum Gasteiger partial charge on any atom is 0.224 e. The van der Waals surface area contributed by atoms with Gasteiger partial charge in [-0.15, -0.1) is 0 Å². The highest BCUT2D eigenvalue weighted by atomic mass is 16.5. The summed E-state index contributed by atoms with van der Waals surface area (Å²) in [7, 11) is 1.93. The Balaban J connectivity index is 1.43. The second-order valence-corrected chi connectivity index (χ2v) is 5.99. The molecule has 1 aliphatic heterocycles. The van der Waals surface area contributed by atoms with E-state index in [0.29, 0.717) is 13.0 Å². The van der Waals surface area contributed by atoms with Gasteiger partial charge in [0.15, 0.2) is 0 Å². The van der Waals surface area contributed by atoms with E-state index < -0.39 is 0 Å². The van der Waals surface area contributed by atoms with Gasteiger partial charge < -0.3 is 19.4 Å². The molecule has 0 spiro atoms. The molecule has 0 aliphatic carbocycles. The van der Waals surface area contributed by atoms with Crippen molar-refractivity contribution >= 4 is 11.6 Å². The highest BCUT2D eigenvalue weighted by molar-refractivity contribution is 5.90. The number of aryl methyl sites for hydroxylation is 1. The van der Waals surface area contributed by atoms with E-state index in [9.17, 15) is 4.79 Å². The smallest absolute Gasteiger partial charge is 0.224 e. The van der Waals surface area contributed by atoms with Gasteiger partial charge in [0.1, 0.15) is 18.2 Å². The van der Waals surface area contributed by atoms with Crippen molar-refractivity contribution in [1.29, 1.82) is 0 Å². The fourth-order valence-corrected chi connectivity index (χ4v) is 2.71. The van der Waals surface area contributed by atoms with Gasteiger partial charge in [-0.2, -0.15) is 0 Å². The van der Waals surface area contributed by atoms with Gasteiger partial charge in [0, 0.05) is 38.2 Å². The van der Waals surface area contributed by atoms with Crippen LogP contribution in [0.15, 0.2) is 36.7 Å². The van der Waals surface area contributed by atoms with E-state index in [-0.39, 0.29) is 12.0 Å². The number of amides is 1. The summed E-state index contributed by atoms with van der Waals surface area (Å²) in [4.78, 5) is 16.2. The lowest BCUT2D eigenvalue weighted by Gasteiger charge is -2.10.